The molecule has 20 heavy (non-hydrogen) atoms. The molecule has 108 valence electrons. The Balaban J connectivity index is 1.92. The molecule has 0 aliphatic heterocycles. The second-order valence-corrected chi connectivity index (χ2v) is 5.91. The average molecular weight is 294 g/mol. The van der Waals surface area contributed by atoms with Crippen molar-refractivity contribution in [3.05, 3.63) is 45.7 Å². The largest absolute Gasteiger partial charge is 0.487 e. The molecule has 0 atom stereocenters. The monoisotopic (exact) mass is 294 g/mol. The molecule has 0 bridgehead atoms. The lowest BCUT2D eigenvalue weighted by molar-refractivity contribution is 0.298. The fourth-order valence-electron chi connectivity index (χ4n) is 1.67. The summed E-state index contributed by atoms with van der Waals surface area (Å²) in [5.41, 5.74) is 1.79. The number of halogens is 1. The number of aryl methyl sites for hydroxylation is 1. The Bertz CT molecular complexity index is 569. The molecule has 1 heterocycles. The van der Waals surface area contributed by atoms with Crippen molar-refractivity contribution in [1.29, 1.82) is 0 Å². The smallest absolute Gasteiger partial charge is 0.131 e. The van der Waals surface area contributed by atoms with Gasteiger partial charge >= 0.3 is 0 Å². The number of hydrogen-bond acceptors (Lipinski definition) is 4. The molecule has 0 aliphatic rings. The van der Waals surface area contributed by atoms with Gasteiger partial charge in [-0.2, -0.15) is 0 Å². The van der Waals surface area contributed by atoms with Crippen molar-refractivity contribution >= 4 is 11.3 Å². The fraction of sp³-hybridized carbons (Fsp3) is 0.400. The zero-order chi connectivity index (χ0) is 14.5. The lowest BCUT2D eigenvalue weighted by atomic mass is 10.2. The van der Waals surface area contributed by atoms with Crippen molar-refractivity contribution in [2.45, 2.75) is 40.0 Å². The summed E-state index contributed by atoms with van der Waals surface area (Å²) < 4.78 is 18.8. The van der Waals surface area contributed by atoms with E-state index in [9.17, 15) is 4.39 Å². The van der Waals surface area contributed by atoms with Crippen molar-refractivity contribution in [2.24, 2.45) is 0 Å². The highest BCUT2D eigenvalue weighted by Gasteiger charge is 2.06. The summed E-state index contributed by atoms with van der Waals surface area (Å²) in [6, 6.07) is 4.99. The maximum atomic E-state index is 13.2. The van der Waals surface area contributed by atoms with Crippen LogP contribution in [0.4, 0.5) is 4.39 Å². The SMILES string of the molecule is Cc1ccc(F)cc1OCc1csc(CNC(C)C)n1. The molecule has 1 aromatic heterocycles. The lowest BCUT2D eigenvalue weighted by Crippen LogP contribution is -2.21. The third-order valence-electron chi connectivity index (χ3n) is 2.79. The highest BCUT2D eigenvalue weighted by Crippen LogP contribution is 2.20. The van der Waals surface area contributed by atoms with Crippen LogP contribution >= 0.6 is 11.3 Å². The predicted octanol–water partition coefficient (Wildman–Crippen LogP) is 3.67. The molecule has 2 rings (SSSR count). The summed E-state index contributed by atoms with van der Waals surface area (Å²) in [6.07, 6.45) is 0. The van der Waals surface area contributed by atoms with Crippen LogP contribution in [0.5, 0.6) is 5.75 Å². The Morgan fingerprint density at radius 2 is 2.20 bits per heavy atom. The Labute approximate surface area is 122 Å². The van der Waals surface area contributed by atoms with Gasteiger partial charge in [0.25, 0.3) is 0 Å². The zero-order valence-electron chi connectivity index (χ0n) is 11.9. The number of hydrogen-bond donors (Lipinski definition) is 1. The summed E-state index contributed by atoms with van der Waals surface area (Å²) in [4.78, 5) is 4.49. The van der Waals surface area contributed by atoms with Crippen LogP contribution in [-0.2, 0) is 13.2 Å². The van der Waals surface area contributed by atoms with Gasteiger partial charge in [0.1, 0.15) is 23.2 Å². The van der Waals surface area contributed by atoms with Crippen LogP contribution in [0.15, 0.2) is 23.6 Å². The van der Waals surface area contributed by atoms with Crippen LogP contribution in [0.1, 0.15) is 30.1 Å². The summed E-state index contributed by atoms with van der Waals surface area (Å²) in [5, 5.41) is 6.34. The van der Waals surface area contributed by atoms with Gasteiger partial charge in [0.2, 0.25) is 0 Å². The van der Waals surface area contributed by atoms with Gasteiger partial charge in [-0.3, -0.25) is 0 Å². The topological polar surface area (TPSA) is 34.1 Å². The maximum Gasteiger partial charge on any atom is 0.131 e. The van der Waals surface area contributed by atoms with Gasteiger partial charge in [-0.05, 0) is 18.6 Å². The van der Waals surface area contributed by atoms with Crippen molar-refractivity contribution in [2.75, 3.05) is 0 Å². The van der Waals surface area contributed by atoms with Gasteiger partial charge < -0.3 is 10.1 Å². The molecule has 0 fully saturated rings. The van der Waals surface area contributed by atoms with E-state index in [0.717, 1.165) is 22.8 Å². The number of ether oxygens (including phenoxy) is 1. The van der Waals surface area contributed by atoms with Crippen LogP contribution in [0.3, 0.4) is 0 Å². The van der Waals surface area contributed by atoms with E-state index in [0.29, 0.717) is 18.4 Å². The quantitative estimate of drug-likeness (QED) is 0.882. The first-order chi connectivity index (χ1) is 9.54. The molecule has 0 aliphatic carbocycles. The van der Waals surface area contributed by atoms with Crippen LogP contribution in [0, 0.1) is 12.7 Å². The molecule has 0 saturated carbocycles. The van der Waals surface area contributed by atoms with E-state index in [-0.39, 0.29) is 5.82 Å². The molecule has 1 aromatic carbocycles. The van der Waals surface area contributed by atoms with Gasteiger partial charge in [-0.25, -0.2) is 9.37 Å². The summed E-state index contributed by atoms with van der Waals surface area (Å²) >= 11 is 1.61. The minimum absolute atomic E-state index is 0.286. The molecule has 0 amide bonds. The van der Waals surface area contributed by atoms with Crippen molar-refractivity contribution < 1.29 is 9.13 Å². The predicted molar refractivity (Wildman–Crippen MR) is 79.6 cm³/mol. The number of thiazole rings is 1. The van der Waals surface area contributed by atoms with Crippen LogP contribution < -0.4 is 10.1 Å². The number of nitrogens with zero attached hydrogens (tertiary/aromatic N) is 1. The highest BCUT2D eigenvalue weighted by molar-refractivity contribution is 7.09. The number of rotatable bonds is 6. The van der Waals surface area contributed by atoms with Crippen LogP contribution in [-0.4, -0.2) is 11.0 Å². The molecule has 0 spiro atoms. The van der Waals surface area contributed by atoms with E-state index in [4.69, 9.17) is 4.74 Å². The second-order valence-electron chi connectivity index (χ2n) is 4.97. The Hall–Kier alpha value is -1.46. The third kappa shape index (κ3) is 4.28. The minimum atomic E-state index is -0.286. The molecule has 0 radical (unpaired) electrons. The molecule has 1 N–H and O–H groups in total. The first-order valence-corrected chi connectivity index (χ1v) is 7.48. The third-order valence-corrected chi connectivity index (χ3v) is 3.68. The normalized spacial score (nSPS) is 11.1. The Morgan fingerprint density at radius 3 is 2.95 bits per heavy atom. The number of nitrogens with one attached hydrogen (secondary N) is 1. The van der Waals surface area contributed by atoms with Gasteiger partial charge in [0.05, 0.1) is 5.69 Å². The summed E-state index contributed by atoms with van der Waals surface area (Å²) in [6.45, 7) is 7.23. The minimum Gasteiger partial charge on any atom is -0.487 e. The molecule has 3 nitrogen and oxygen atoms in total. The Morgan fingerprint density at radius 1 is 1.40 bits per heavy atom. The highest BCUT2D eigenvalue weighted by atomic mass is 32.1. The van der Waals surface area contributed by atoms with Gasteiger partial charge in [-0.1, -0.05) is 19.9 Å². The second kappa shape index (κ2) is 6.81. The number of benzene rings is 1. The Kier molecular flexibility index (Phi) is 5.09. The molecule has 0 unspecified atom stereocenters. The summed E-state index contributed by atoms with van der Waals surface area (Å²) in [7, 11) is 0. The summed E-state index contributed by atoms with van der Waals surface area (Å²) in [5.74, 6) is 0.283. The first kappa shape index (κ1) is 14.9. The van der Waals surface area contributed by atoms with Crippen molar-refractivity contribution in [3.63, 3.8) is 0 Å². The average Bonchev–Trinajstić information content (AvgIpc) is 2.85. The van der Waals surface area contributed by atoms with E-state index < -0.39 is 0 Å². The van der Waals surface area contributed by atoms with Gasteiger partial charge in [-0.15, -0.1) is 11.3 Å². The standard InChI is InChI=1S/C15H19FN2OS/c1-10(2)17-7-15-18-13(9-20-15)8-19-14-6-12(16)5-4-11(14)3/h4-6,9-10,17H,7-8H2,1-3H3. The molecule has 2 aromatic rings. The van der Waals surface area contributed by atoms with E-state index in [1.807, 2.05) is 12.3 Å². The van der Waals surface area contributed by atoms with Crippen molar-refractivity contribution in [3.8, 4) is 5.75 Å². The molecule has 0 saturated heterocycles. The van der Waals surface area contributed by atoms with E-state index in [1.165, 1.54) is 12.1 Å². The van der Waals surface area contributed by atoms with Crippen LogP contribution in [0.2, 0.25) is 0 Å². The van der Waals surface area contributed by atoms with Gasteiger partial charge in [0, 0.05) is 24.0 Å². The van der Waals surface area contributed by atoms with Gasteiger partial charge in [0.15, 0.2) is 0 Å². The molecular formula is C15H19FN2OS. The van der Waals surface area contributed by atoms with Crippen molar-refractivity contribution in [1.82, 2.24) is 10.3 Å². The maximum absolute atomic E-state index is 13.2. The molecular weight excluding hydrogens is 275 g/mol. The lowest BCUT2D eigenvalue weighted by Gasteiger charge is -2.07. The fourth-order valence-corrected chi connectivity index (χ4v) is 2.40. The zero-order valence-corrected chi connectivity index (χ0v) is 12.8. The van der Waals surface area contributed by atoms with E-state index in [1.54, 1.807) is 17.4 Å². The molecule has 5 heteroatoms. The number of aromatic nitrogens is 1. The first-order valence-electron chi connectivity index (χ1n) is 6.60. The van der Waals surface area contributed by atoms with E-state index in [2.05, 4.69) is 24.1 Å². The van der Waals surface area contributed by atoms with E-state index >= 15 is 0 Å². The van der Waals surface area contributed by atoms with Crippen LogP contribution in [0.25, 0.3) is 0 Å².